The predicted octanol–water partition coefficient (Wildman–Crippen LogP) is 2.81. The first-order valence-corrected chi connectivity index (χ1v) is 6.93. The summed E-state index contributed by atoms with van der Waals surface area (Å²) >= 11 is 3.23. The van der Waals surface area contributed by atoms with E-state index in [0.717, 1.165) is 28.8 Å². The number of thiazole rings is 1. The lowest BCUT2D eigenvalue weighted by Gasteiger charge is -1.98. The van der Waals surface area contributed by atoms with Crippen LogP contribution in [-0.2, 0) is 13.0 Å². The van der Waals surface area contributed by atoms with E-state index in [1.807, 2.05) is 10.9 Å². The Morgan fingerprint density at radius 2 is 2.25 bits per heavy atom. The van der Waals surface area contributed by atoms with Gasteiger partial charge in [0.15, 0.2) is 0 Å². The highest BCUT2D eigenvalue weighted by molar-refractivity contribution is 7.15. The van der Waals surface area contributed by atoms with Crippen LogP contribution in [0.3, 0.4) is 0 Å². The largest absolute Gasteiger partial charge is 0.354 e. The topological polar surface area (TPSA) is 50.7 Å². The monoisotopic (exact) mass is 254 g/mol. The van der Waals surface area contributed by atoms with Crippen molar-refractivity contribution in [3.63, 3.8) is 0 Å². The number of nitrogens with one attached hydrogen (secondary N) is 1. The summed E-state index contributed by atoms with van der Waals surface area (Å²) in [7, 11) is 0. The van der Waals surface area contributed by atoms with Crippen LogP contribution in [0.4, 0.5) is 5.13 Å². The van der Waals surface area contributed by atoms with Crippen molar-refractivity contribution in [3.8, 4) is 0 Å². The van der Waals surface area contributed by atoms with Gasteiger partial charge in [-0.15, -0.1) is 21.5 Å². The third kappa shape index (κ3) is 3.24. The van der Waals surface area contributed by atoms with Gasteiger partial charge in [-0.2, -0.15) is 0 Å². The summed E-state index contributed by atoms with van der Waals surface area (Å²) in [4.78, 5) is 4.20. The molecule has 0 aliphatic rings. The minimum atomic E-state index is 0.624. The Balaban J connectivity index is 1.88. The Morgan fingerprint density at radius 3 is 2.94 bits per heavy atom. The molecule has 0 radical (unpaired) electrons. The normalized spacial score (nSPS) is 10.9. The average molecular weight is 254 g/mol. The van der Waals surface area contributed by atoms with Gasteiger partial charge in [-0.3, -0.25) is 0 Å². The Labute approximate surface area is 103 Å². The van der Waals surface area contributed by atoms with Crippen molar-refractivity contribution >= 4 is 27.8 Å². The van der Waals surface area contributed by atoms with Gasteiger partial charge < -0.3 is 5.32 Å². The molecule has 0 saturated heterocycles. The summed E-state index contributed by atoms with van der Waals surface area (Å²) in [6, 6.07) is 0. The van der Waals surface area contributed by atoms with E-state index in [4.69, 9.17) is 0 Å². The standard InChI is InChI=1S/C10H14N4S2/c1-7(2)3-9-13-14-10(16-9)11-4-8-5-15-6-12-8/h5-7H,3-4H2,1-2H3,(H,11,14). The number of hydrogen-bond acceptors (Lipinski definition) is 6. The van der Waals surface area contributed by atoms with Crippen molar-refractivity contribution in [2.75, 3.05) is 5.32 Å². The second-order valence-electron chi connectivity index (χ2n) is 3.93. The maximum absolute atomic E-state index is 4.20. The average Bonchev–Trinajstić information content (AvgIpc) is 2.84. The fourth-order valence-corrected chi connectivity index (χ4v) is 2.75. The van der Waals surface area contributed by atoms with Gasteiger partial charge >= 0.3 is 0 Å². The Kier molecular flexibility index (Phi) is 3.84. The van der Waals surface area contributed by atoms with E-state index in [1.54, 1.807) is 22.7 Å². The van der Waals surface area contributed by atoms with Gasteiger partial charge in [-0.1, -0.05) is 25.2 Å². The molecular weight excluding hydrogens is 240 g/mol. The lowest BCUT2D eigenvalue weighted by atomic mass is 10.1. The molecule has 0 aromatic carbocycles. The minimum Gasteiger partial charge on any atom is -0.354 e. The molecular formula is C10H14N4S2. The number of hydrogen-bond donors (Lipinski definition) is 1. The van der Waals surface area contributed by atoms with Crippen LogP contribution >= 0.6 is 22.7 Å². The molecule has 0 spiro atoms. The second kappa shape index (κ2) is 5.36. The molecule has 0 fully saturated rings. The van der Waals surface area contributed by atoms with Crippen LogP contribution in [0, 0.1) is 5.92 Å². The quantitative estimate of drug-likeness (QED) is 0.891. The molecule has 0 saturated carbocycles. The molecule has 0 atom stereocenters. The zero-order valence-corrected chi connectivity index (χ0v) is 10.9. The number of aromatic nitrogens is 3. The molecule has 6 heteroatoms. The van der Waals surface area contributed by atoms with Crippen molar-refractivity contribution in [2.24, 2.45) is 5.92 Å². The number of nitrogens with zero attached hydrogens (tertiary/aromatic N) is 3. The summed E-state index contributed by atoms with van der Waals surface area (Å²) in [6.07, 6.45) is 0.996. The van der Waals surface area contributed by atoms with Gasteiger partial charge in [0.25, 0.3) is 0 Å². The first kappa shape index (κ1) is 11.5. The Bertz CT molecular complexity index is 422. The van der Waals surface area contributed by atoms with Crippen molar-refractivity contribution in [1.29, 1.82) is 0 Å². The first-order valence-electron chi connectivity index (χ1n) is 5.17. The Morgan fingerprint density at radius 1 is 1.38 bits per heavy atom. The van der Waals surface area contributed by atoms with E-state index >= 15 is 0 Å². The van der Waals surface area contributed by atoms with Crippen LogP contribution in [0.15, 0.2) is 10.9 Å². The van der Waals surface area contributed by atoms with E-state index in [2.05, 4.69) is 34.3 Å². The SMILES string of the molecule is CC(C)Cc1nnc(NCc2cscn2)s1. The van der Waals surface area contributed by atoms with Crippen LogP contribution in [0.5, 0.6) is 0 Å². The maximum Gasteiger partial charge on any atom is 0.205 e. The summed E-state index contributed by atoms with van der Waals surface area (Å²) in [5.41, 5.74) is 2.88. The smallest absolute Gasteiger partial charge is 0.205 e. The highest BCUT2D eigenvalue weighted by atomic mass is 32.1. The molecule has 4 nitrogen and oxygen atoms in total. The Hall–Kier alpha value is -1.01. The number of rotatable bonds is 5. The van der Waals surface area contributed by atoms with Crippen LogP contribution < -0.4 is 5.32 Å². The minimum absolute atomic E-state index is 0.624. The van der Waals surface area contributed by atoms with E-state index < -0.39 is 0 Å². The summed E-state index contributed by atoms with van der Waals surface area (Å²) in [6.45, 7) is 5.09. The third-order valence-corrected chi connectivity index (χ3v) is 3.49. The number of anilines is 1. The molecule has 2 heterocycles. The fourth-order valence-electron chi connectivity index (χ4n) is 1.25. The second-order valence-corrected chi connectivity index (χ2v) is 5.71. The summed E-state index contributed by atoms with van der Waals surface area (Å²) in [5, 5.41) is 15.5. The third-order valence-electron chi connectivity index (χ3n) is 1.95. The van der Waals surface area contributed by atoms with Gasteiger partial charge in [0.05, 0.1) is 17.7 Å². The van der Waals surface area contributed by atoms with Crippen LogP contribution in [0.1, 0.15) is 24.5 Å². The molecule has 2 aromatic rings. The lowest BCUT2D eigenvalue weighted by molar-refractivity contribution is 0.640. The van der Waals surface area contributed by atoms with Crippen molar-refractivity contribution in [3.05, 3.63) is 21.6 Å². The summed E-state index contributed by atoms with van der Waals surface area (Å²) < 4.78 is 0. The predicted molar refractivity (Wildman–Crippen MR) is 67.9 cm³/mol. The molecule has 86 valence electrons. The molecule has 1 N–H and O–H groups in total. The van der Waals surface area contributed by atoms with Gasteiger partial charge in [0, 0.05) is 11.8 Å². The van der Waals surface area contributed by atoms with Crippen LogP contribution in [0.25, 0.3) is 0 Å². The lowest BCUT2D eigenvalue weighted by Crippen LogP contribution is -1.98. The molecule has 0 aliphatic heterocycles. The van der Waals surface area contributed by atoms with E-state index in [9.17, 15) is 0 Å². The molecule has 2 rings (SSSR count). The fraction of sp³-hybridized carbons (Fsp3) is 0.500. The highest BCUT2D eigenvalue weighted by Gasteiger charge is 2.06. The van der Waals surface area contributed by atoms with Crippen molar-refractivity contribution < 1.29 is 0 Å². The highest BCUT2D eigenvalue weighted by Crippen LogP contribution is 2.18. The summed E-state index contributed by atoms with van der Waals surface area (Å²) in [5.74, 6) is 0.624. The molecule has 0 unspecified atom stereocenters. The maximum atomic E-state index is 4.20. The van der Waals surface area contributed by atoms with Crippen LogP contribution in [0.2, 0.25) is 0 Å². The first-order chi connectivity index (χ1) is 7.74. The molecule has 0 amide bonds. The molecule has 2 aromatic heterocycles. The van der Waals surface area contributed by atoms with E-state index in [0.29, 0.717) is 5.92 Å². The van der Waals surface area contributed by atoms with E-state index in [-0.39, 0.29) is 0 Å². The van der Waals surface area contributed by atoms with Crippen molar-refractivity contribution in [1.82, 2.24) is 15.2 Å². The van der Waals surface area contributed by atoms with E-state index in [1.165, 1.54) is 0 Å². The van der Waals surface area contributed by atoms with Crippen molar-refractivity contribution in [2.45, 2.75) is 26.8 Å². The molecule has 16 heavy (non-hydrogen) atoms. The zero-order valence-electron chi connectivity index (χ0n) is 9.30. The van der Waals surface area contributed by atoms with Gasteiger partial charge in [0.1, 0.15) is 5.01 Å². The van der Waals surface area contributed by atoms with Gasteiger partial charge in [-0.05, 0) is 5.92 Å². The molecule has 0 bridgehead atoms. The van der Waals surface area contributed by atoms with Crippen LogP contribution in [-0.4, -0.2) is 15.2 Å². The van der Waals surface area contributed by atoms with Gasteiger partial charge in [0.2, 0.25) is 5.13 Å². The van der Waals surface area contributed by atoms with Gasteiger partial charge in [-0.25, -0.2) is 4.98 Å². The molecule has 0 aliphatic carbocycles. The zero-order chi connectivity index (χ0) is 11.4.